The number of nitrogens with one attached hydrogen (secondary N) is 1. The van der Waals surface area contributed by atoms with Crippen molar-refractivity contribution < 1.29 is 0 Å². The second-order valence-electron chi connectivity index (χ2n) is 8.05. The van der Waals surface area contributed by atoms with Crippen molar-refractivity contribution in [1.29, 1.82) is 0 Å². The van der Waals surface area contributed by atoms with Crippen molar-refractivity contribution in [2.45, 2.75) is 46.6 Å². The molecule has 0 aromatic rings. The second-order valence-corrected chi connectivity index (χ2v) is 8.05. The lowest BCUT2D eigenvalue weighted by Gasteiger charge is -2.38. The molecule has 1 aliphatic heterocycles. The van der Waals surface area contributed by atoms with Crippen LogP contribution in [0.15, 0.2) is 0 Å². The number of hydrogen-bond donors (Lipinski definition) is 1. The first kappa shape index (κ1) is 16.3. The van der Waals surface area contributed by atoms with E-state index in [-0.39, 0.29) is 0 Å². The molecule has 2 unspecified atom stereocenters. The van der Waals surface area contributed by atoms with Crippen LogP contribution in [0.4, 0.5) is 0 Å². The third-order valence-electron chi connectivity index (χ3n) is 5.36. The Morgan fingerprint density at radius 2 is 1.70 bits per heavy atom. The lowest BCUT2D eigenvalue weighted by molar-refractivity contribution is 0.101. The third kappa shape index (κ3) is 3.96. The molecular formula is C17H35N3. The van der Waals surface area contributed by atoms with E-state index < -0.39 is 0 Å². The summed E-state index contributed by atoms with van der Waals surface area (Å²) in [5.41, 5.74) is 0.471. The molecule has 3 heteroatoms. The van der Waals surface area contributed by atoms with Crippen molar-refractivity contribution in [2.24, 2.45) is 17.3 Å². The van der Waals surface area contributed by atoms with Crippen LogP contribution in [0.25, 0.3) is 0 Å². The minimum atomic E-state index is 0.471. The predicted octanol–water partition coefficient (Wildman–Crippen LogP) is 2.28. The van der Waals surface area contributed by atoms with Crippen LogP contribution in [0.3, 0.4) is 0 Å². The van der Waals surface area contributed by atoms with Crippen LogP contribution in [0.5, 0.6) is 0 Å². The Balaban J connectivity index is 1.78. The lowest BCUT2D eigenvalue weighted by atomic mass is 9.85. The number of hydrogen-bond acceptors (Lipinski definition) is 3. The van der Waals surface area contributed by atoms with Crippen molar-refractivity contribution in [1.82, 2.24) is 15.1 Å². The van der Waals surface area contributed by atoms with Gasteiger partial charge in [0, 0.05) is 45.3 Å². The third-order valence-corrected chi connectivity index (χ3v) is 5.36. The molecule has 1 heterocycles. The Hall–Kier alpha value is -0.120. The fourth-order valence-corrected chi connectivity index (χ4v) is 4.34. The van der Waals surface area contributed by atoms with E-state index in [0.717, 1.165) is 11.8 Å². The topological polar surface area (TPSA) is 18.5 Å². The normalized spacial score (nSPS) is 32.1. The van der Waals surface area contributed by atoms with Crippen LogP contribution in [0.2, 0.25) is 0 Å². The van der Waals surface area contributed by atoms with E-state index in [2.05, 4.69) is 49.9 Å². The van der Waals surface area contributed by atoms with E-state index in [1.807, 2.05) is 0 Å². The molecule has 1 N–H and O–H groups in total. The van der Waals surface area contributed by atoms with Gasteiger partial charge in [0.1, 0.15) is 0 Å². The minimum Gasteiger partial charge on any atom is -0.316 e. The molecule has 0 aromatic heterocycles. The number of rotatable bonds is 5. The maximum Gasteiger partial charge on any atom is 0.0156 e. The summed E-state index contributed by atoms with van der Waals surface area (Å²) in [5.74, 6) is 1.64. The molecule has 1 aliphatic carbocycles. The first-order chi connectivity index (χ1) is 9.42. The Kier molecular flexibility index (Phi) is 5.49. The molecule has 20 heavy (non-hydrogen) atoms. The largest absolute Gasteiger partial charge is 0.316 e. The highest BCUT2D eigenvalue weighted by Crippen LogP contribution is 2.41. The zero-order valence-electron chi connectivity index (χ0n) is 14.3. The first-order valence-corrected chi connectivity index (χ1v) is 8.54. The van der Waals surface area contributed by atoms with Gasteiger partial charge in [0.15, 0.2) is 0 Å². The predicted molar refractivity (Wildman–Crippen MR) is 87.1 cm³/mol. The fourth-order valence-electron chi connectivity index (χ4n) is 4.34. The molecule has 1 saturated heterocycles. The highest BCUT2D eigenvalue weighted by Gasteiger charge is 2.41. The SMILES string of the molecule is CNC1C(CN2CCN(CC(C)C)CC2)CCC1(C)C. The van der Waals surface area contributed by atoms with Crippen molar-refractivity contribution in [3.05, 3.63) is 0 Å². The van der Waals surface area contributed by atoms with Crippen LogP contribution in [-0.4, -0.2) is 62.2 Å². The van der Waals surface area contributed by atoms with Gasteiger partial charge in [-0.3, -0.25) is 0 Å². The van der Waals surface area contributed by atoms with Crippen molar-refractivity contribution >= 4 is 0 Å². The second kappa shape index (κ2) is 6.76. The molecule has 0 radical (unpaired) electrons. The molecule has 2 fully saturated rings. The van der Waals surface area contributed by atoms with Crippen molar-refractivity contribution in [3.8, 4) is 0 Å². The zero-order chi connectivity index (χ0) is 14.8. The van der Waals surface area contributed by atoms with Gasteiger partial charge in [-0.05, 0) is 37.1 Å². The van der Waals surface area contributed by atoms with Gasteiger partial charge >= 0.3 is 0 Å². The van der Waals surface area contributed by atoms with Crippen molar-refractivity contribution in [2.75, 3.05) is 46.3 Å². The van der Waals surface area contributed by atoms with Gasteiger partial charge in [-0.1, -0.05) is 27.7 Å². The summed E-state index contributed by atoms with van der Waals surface area (Å²) < 4.78 is 0. The highest BCUT2D eigenvalue weighted by atomic mass is 15.3. The van der Waals surface area contributed by atoms with E-state index in [1.165, 1.54) is 52.1 Å². The minimum absolute atomic E-state index is 0.471. The molecule has 2 aliphatic rings. The van der Waals surface area contributed by atoms with E-state index in [1.54, 1.807) is 0 Å². The Morgan fingerprint density at radius 1 is 1.10 bits per heavy atom. The molecule has 0 amide bonds. The molecule has 118 valence electrons. The lowest BCUT2D eigenvalue weighted by Crippen LogP contribution is -2.51. The average molecular weight is 281 g/mol. The Bertz CT molecular complexity index is 293. The monoisotopic (exact) mass is 281 g/mol. The van der Waals surface area contributed by atoms with Crippen LogP contribution in [0.1, 0.15) is 40.5 Å². The van der Waals surface area contributed by atoms with Gasteiger partial charge in [0.2, 0.25) is 0 Å². The molecule has 2 atom stereocenters. The van der Waals surface area contributed by atoms with Crippen LogP contribution in [-0.2, 0) is 0 Å². The van der Waals surface area contributed by atoms with E-state index in [9.17, 15) is 0 Å². The zero-order valence-corrected chi connectivity index (χ0v) is 14.3. The fraction of sp³-hybridized carbons (Fsp3) is 1.00. The Morgan fingerprint density at radius 3 is 2.25 bits per heavy atom. The molecule has 2 rings (SSSR count). The summed E-state index contributed by atoms with van der Waals surface area (Å²) in [4.78, 5) is 5.34. The summed E-state index contributed by atoms with van der Waals surface area (Å²) in [5, 5.41) is 3.59. The first-order valence-electron chi connectivity index (χ1n) is 8.54. The average Bonchev–Trinajstić information content (AvgIpc) is 2.66. The molecule has 0 bridgehead atoms. The molecule has 0 spiro atoms. The summed E-state index contributed by atoms with van der Waals surface area (Å²) in [6.07, 6.45) is 2.77. The maximum atomic E-state index is 3.59. The van der Waals surface area contributed by atoms with Crippen LogP contribution >= 0.6 is 0 Å². The van der Waals surface area contributed by atoms with Gasteiger partial charge < -0.3 is 15.1 Å². The van der Waals surface area contributed by atoms with Gasteiger partial charge in [-0.25, -0.2) is 0 Å². The molecular weight excluding hydrogens is 246 g/mol. The van der Waals surface area contributed by atoms with Gasteiger partial charge in [0.05, 0.1) is 0 Å². The van der Waals surface area contributed by atoms with Gasteiger partial charge in [-0.2, -0.15) is 0 Å². The molecule has 1 saturated carbocycles. The van der Waals surface area contributed by atoms with E-state index >= 15 is 0 Å². The Labute approximate surface area is 126 Å². The summed E-state index contributed by atoms with van der Waals surface area (Å²) in [6, 6.07) is 0.691. The van der Waals surface area contributed by atoms with Gasteiger partial charge in [0.25, 0.3) is 0 Å². The quantitative estimate of drug-likeness (QED) is 0.834. The molecule has 0 aromatic carbocycles. The smallest absolute Gasteiger partial charge is 0.0156 e. The van der Waals surface area contributed by atoms with Crippen molar-refractivity contribution in [3.63, 3.8) is 0 Å². The maximum absolute atomic E-state index is 3.59. The summed E-state index contributed by atoms with van der Waals surface area (Å²) in [7, 11) is 2.14. The van der Waals surface area contributed by atoms with E-state index in [4.69, 9.17) is 0 Å². The summed E-state index contributed by atoms with van der Waals surface area (Å²) >= 11 is 0. The number of nitrogens with zero attached hydrogens (tertiary/aromatic N) is 2. The van der Waals surface area contributed by atoms with Crippen LogP contribution in [0, 0.1) is 17.3 Å². The number of piperazine rings is 1. The molecule has 3 nitrogen and oxygen atoms in total. The standard InChI is InChI=1S/C17H35N3/c1-14(2)12-19-8-10-20(11-9-19)13-15-6-7-17(3,4)16(15)18-5/h14-16,18H,6-13H2,1-5H3. The highest BCUT2D eigenvalue weighted by molar-refractivity contribution is 4.96. The van der Waals surface area contributed by atoms with Crippen LogP contribution < -0.4 is 5.32 Å². The summed E-state index contributed by atoms with van der Waals surface area (Å²) in [6.45, 7) is 17.1. The van der Waals surface area contributed by atoms with Gasteiger partial charge in [-0.15, -0.1) is 0 Å². The van der Waals surface area contributed by atoms with E-state index in [0.29, 0.717) is 11.5 Å².